The number of anilines is 1. The van der Waals surface area contributed by atoms with Crippen LogP contribution in [0.1, 0.15) is 0 Å². The zero-order valence-corrected chi connectivity index (χ0v) is 13.1. The van der Waals surface area contributed by atoms with E-state index >= 15 is 0 Å². The van der Waals surface area contributed by atoms with Crippen LogP contribution < -0.4 is 24.7 Å². The predicted molar refractivity (Wildman–Crippen MR) is 83.5 cm³/mol. The molecule has 2 rings (SSSR count). The Balaban J connectivity index is 0.000000220. The molecule has 0 bridgehead atoms. The number of ether oxygens (including phenoxy) is 4. The van der Waals surface area contributed by atoms with Gasteiger partial charge < -0.3 is 24.7 Å². The number of benzene rings is 2. The molecule has 0 fully saturated rings. The first-order valence-corrected chi connectivity index (χ1v) is 6.39. The van der Waals surface area contributed by atoms with Gasteiger partial charge in [-0.2, -0.15) is 0 Å². The Hall–Kier alpha value is -2.63. The summed E-state index contributed by atoms with van der Waals surface area (Å²) in [6.45, 7) is 0. The maximum atomic E-state index is 12.6. The van der Waals surface area contributed by atoms with Crippen molar-refractivity contribution in [3.8, 4) is 23.0 Å². The van der Waals surface area contributed by atoms with Gasteiger partial charge in [-0.25, -0.2) is 4.39 Å². The first-order valence-electron chi connectivity index (χ1n) is 6.39. The lowest BCUT2D eigenvalue weighted by Crippen LogP contribution is -1.90. The number of hydrogen-bond acceptors (Lipinski definition) is 5. The second-order valence-electron chi connectivity index (χ2n) is 4.18. The van der Waals surface area contributed by atoms with Crippen LogP contribution in [0.4, 0.5) is 10.1 Å². The summed E-state index contributed by atoms with van der Waals surface area (Å²) in [5, 5.41) is 0. The summed E-state index contributed by atoms with van der Waals surface area (Å²) in [7, 11) is 6.14. The van der Waals surface area contributed by atoms with Crippen LogP contribution in [0.25, 0.3) is 0 Å². The molecular weight excluding hydrogens is 289 g/mol. The van der Waals surface area contributed by atoms with Gasteiger partial charge in [0.15, 0.2) is 0 Å². The molecule has 0 unspecified atom stereocenters. The van der Waals surface area contributed by atoms with E-state index in [2.05, 4.69) is 0 Å². The van der Waals surface area contributed by atoms with Crippen LogP contribution in [0.3, 0.4) is 0 Å². The number of hydrogen-bond donors (Lipinski definition) is 1. The summed E-state index contributed by atoms with van der Waals surface area (Å²) < 4.78 is 32.2. The van der Waals surface area contributed by atoms with Crippen molar-refractivity contribution in [2.75, 3.05) is 34.2 Å². The monoisotopic (exact) mass is 309 g/mol. The van der Waals surface area contributed by atoms with Crippen molar-refractivity contribution in [1.82, 2.24) is 0 Å². The molecule has 0 heterocycles. The van der Waals surface area contributed by atoms with E-state index in [1.807, 2.05) is 0 Å². The van der Waals surface area contributed by atoms with Crippen molar-refractivity contribution < 1.29 is 23.3 Å². The van der Waals surface area contributed by atoms with E-state index in [1.54, 1.807) is 38.5 Å². The van der Waals surface area contributed by atoms with Gasteiger partial charge >= 0.3 is 0 Å². The van der Waals surface area contributed by atoms with Crippen LogP contribution in [0, 0.1) is 5.82 Å². The molecule has 2 aromatic rings. The van der Waals surface area contributed by atoms with Gasteiger partial charge in [0, 0.05) is 42.1 Å². The van der Waals surface area contributed by atoms with E-state index in [0.29, 0.717) is 28.7 Å². The first-order chi connectivity index (χ1) is 10.5. The molecule has 2 N–H and O–H groups in total. The third-order valence-electron chi connectivity index (χ3n) is 2.69. The van der Waals surface area contributed by atoms with Crippen LogP contribution in [0.5, 0.6) is 23.0 Å². The zero-order chi connectivity index (χ0) is 16.5. The number of nitrogen functional groups attached to an aromatic ring is 1. The van der Waals surface area contributed by atoms with E-state index in [4.69, 9.17) is 24.7 Å². The fourth-order valence-corrected chi connectivity index (χ4v) is 1.60. The highest BCUT2D eigenvalue weighted by Crippen LogP contribution is 2.23. The minimum absolute atomic E-state index is 0.360. The van der Waals surface area contributed by atoms with Gasteiger partial charge in [-0.1, -0.05) is 0 Å². The summed E-state index contributed by atoms with van der Waals surface area (Å²) in [6.07, 6.45) is 0. The molecule has 22 heavy (non-hydrogen) atoms. The van der Waals surface area contributed by atoms with Gasteiger partial charge in [0.1, 0.15) is 28.8 Å². The van der Waals surface area contributed by atoms with E-state index in [0.717, 1.165) is 0 Å². The maximum absolute atomic E-state index is 12.6. The second kappa shape index (κ2) is 8.61. The third kappa shape index (κ3) is 5.40. The largest absolute Gasteiger partial charge is 0.497 e. The predicted octanol–water partition coefficient (Wildman–Crippen LogP) is 3.13. The molecule has 0 saturated carbocycles. The number of halogens is 1. The van der Waals surface area contributed by atoms with Crippen LogP contribution >= 0.6 is 0 Å². The Morgan fingerprint density at radius 1 is 0.636 bits per heavy atom. The van der Waals surface area contributed by atoms with E-state index < -0.39 is 0 Å². The maximum Gasteiger partial charge on any atom is 0.130 e. The van der Waals surface area contributed by atoms with Gasteiger partial charge in [-0.15, -0.1) is 0 Å². The quantitative estimate of drug-likeness (QED) is 0.879. The zero-order valence-electron chi connectivity index (χ0n) is 13.1. The smallest absolute Gasteiger partial charge is 0.130 e. The van der Waals surface area contributed by atoms with Gasteiger partial charge in [0.2, 0.25) is 0 Å². The summed E-state index contributed by atoms with van der Waals surface area (Å²) in [4.78, 5) is 0. The van der Waals surface area contributed by atoms with Crippen molar-refractivity contribution in [3.05, 3.63) is 42.2 Å². The Labute approximate surface area is 129 Å². The number of rotatable bonds is 4. The fourth-order valence-electron chi connectivity index (χ4n) is 1.60. The van der Waals surface area contributed by atoms with Crippen molar-refractivity contribution in [2.24, 2.45) is 0 Å². The fraction of sp³-hybridized carbons (Fsp3) is 0.250. The van der Waals surface area contributed by atoms with E-state index in [9.17, 15) is 4.39 Å². The molecule has 0 saturated heterocycles. The minimum Gasteiger partial charge on any atom is -0.497 e. The molecule has 0 amide bonds. The van der Waals surface area contributed by atoms with Crippen LogP contribution in [-0.4, -0.2) is 28.4 Å². The SMILES string of the molecule is COc1cc(F)cc(OC)c1.COc1cc(N)cc(OC)c1. The van der Waals surface area contributed by atoms with Gasteiger partial charge in [0.25, 0.3) is 0 Å². The summed E-state index contributed by atoms with van der Waals surface area (Å²) in [5.74, 6) is 1.98. The molecule has 0 aliphatic carbocycles. The molecule has 5 nitrogen and oxygen atoms in total. The standard InChI is InChI=1S/C8H9FO2.C8H11NO2/c2*1-10-7-3-6(9)4-8(5-7)11-2/h3-5H,1-2H3;3-5H,9H2,1-2H3. The molecular formula is C16H20FNO4. The van der Waals surface area contributed by atoms with Crippen LogP contribution in [0.15, 0.2) is 36.4 Å². The average Bonchev–Trinajstić information content (AvgIpc) is 2.53. The van der Waals surface area contributed by atoms with Gasteiger partial charge in [0.05, 0.1) is 28.4 Å². The Morgan fingerprint density at radius 3 is 1.27 bits per heavy atom. The summed E-state index contributed by atoms with van der Waals surface area (Å²) in [5.41, 5.74) is 6.19. The summed E-state index contributed by atoms with van der Waals surface area (Å²) >= 11 is 0. The molecule has 2 aromatic carbocycles. The molecule has 120 valence electrons. The van der Waals surface area contributed by atoms with Gasteiger partial charge in [-0.3, -0.25) is 0 Å². The van der Waals surface area contributed by atoms with Crippen molar-refractivity contribution in [1.29, 1.82) is 0 Å². The third-order valence-corrected chi connectivity index (χ3v) is 2.69. The van der Waals surface area contributed by atoms with Crippen molar-refractivity contribution in [2.45, 2.75) is 0 Å². The van der Waals surface area contributed by atoms with E-state index in [1.165, 1.54) is 26.4 Å². The second-order valence-corrected chi connectivity index (χ2v) is 4.18. The highest BCUT2D eigenvalue weighted by atomic mass is 19.1. The van der Waals surface area contributed by atoms with Crippen molar-refractivity contribution >= 4 is 5.69 Å². The van der Waals surface area contributed by atoms with Crippen molar-refractivity contribution in [3.63, 3.8) is 0 Å². The molecule has 0 aliphatic heterocycles. The lowest BCUT2D eigenvalue weighted by Gasteiger charge is -2.04. The summed E-state index contributed by atoms with van der Waals surface area (Å²) in [6, 6.07) is 9.45. The topological polar surface area (TPSA) is 62.9 Å². The molecule has 6 heteroatoms. The minimum atomic E-state index is -0.360. The van der Waals surface area contributed by atoms with Gasteiger partial charge in [-0.05, 0) is 0 Å². The highest BCUT2D eigenvalue weighted by Gasteiger charge is 1.99. The van der Waals surface area contributed by atoms with Crippen LogP contribution in [0.2, 0.25) is 0 Å². The molecule has 0 aliphatic rings. The molecule has 0 spiro atoms. The molecule has 0 aromatic heterocycles. The Kier molecular flexibility index (Phi) is 6.82. The lowest BCUT2D eigenvalue weighted by molar-refractivity contribution is 0.388. The first kappa shape index (κ1) is 17.4. The average molecular weight is 309 g/mol. The number of nitrogens with two attached hydrogens (primary N) is 1. The van der Waals surface area contributed by atoms with E-state index in [-0.39, 0.29) is 5.82 Å². The Bertz CT molecular complexity index is 507. The van der Waals surface area contributed by atoms with Crippen LogP contribution in [-0.2, 0) is 0 Å². The molecule has 0 radical (unpaired) electrons. The Morgan fingerprint density at radius 2 is 0.955 bits per heavy atom. The highest BCUT2D eigenvalue weighted by molar-refractivity contribution is 5.50. The lowest BCUT2D eigenvalue weighted by atomic mass is 10.3. The molecule has 0 atom stereocenters. The normalized spacial score (nSPS) is 9.32. The number of methoxy groups -OCH3 is 4.